The van der Waals surface area contributed by atoms with Gasteiger partial charge in [0.2, 0.25) is 5.91 Å². The van der Waals surface area contributed by atoms with Crippen molar-refractivity contribution in [2.24, 2.45) is 5.92 Å². The highest BCUT2D eigenvalue weighted by Gasteiger charge is 2.35. The second-order valence-corrected chi connectivity index (χ2v) is 6.65. The molecule has 138 valence electrons. The van der Waals surface area contributed by atoms with Crippen LogP contribution in [0.2, 0.25) is 0 Å². The quantitative estimate of drug-likeness (QED) is 0.884. The highest BCUT2D eigenvalue weighted by molar-refractivity contribution is 5.76. The second kappa shape index (κ2) is 6.97. The molecule has 1 aromatic heterocycles. The van der Waals surface area contributed by atoms with Gasteiger partial charge in [0.15, 0.2) is 0 Å². The number of hydrogen-bond acceptors (Lipinski definition) is 2. The molecular weight excluding hydrogens is 345 g/mol. The Morgan fingerprint density at radius 3 is 2.46 bits per heavy atom. The molecule has 1 aromatic carbocycles. The SMILES string of the molecule is Cc1ccc([C@H](NC(=O)Cn2cccc(C(F)(F)F)c2=O)C2CC2)cc1. The van der Waals surface area contributed by atoms with Gasteiger partial charge in [-0.15, -0.1) is 0 Å². The van der Waals surface area contributed by atoms with E-state index in [-0.39, 0.29) is 6.04 Å². The number of nitrogens with one attached hydrogen (secondary N) is 1. The van der Waals surface area contributed by atoms with Crippen molar-refractivity contribution < 1.29 is 18.0 Å². The number of hydrogen-bond donors (Lipinski definition) is 1. The summed E-state index contributed by atoms with van der Waals surface area (Å²) in [6, 6.07) is 9.43. The number of aryl methyl sites for hydroxylation is 1. The third kappa shape index (κ3) is 4.15. The van der Waals surface area contributed by atoms with Gasteiger partial charge < -0.3 is 9.88 Å². The summed E-state index contributed by atoms with van der Waals surface area (Å²) in [6.45, 7) is 1.52. The maximum atomic E-state index is 12.8. The Labute approximate surface area is 148 Å². The van der Waals surface area contributed by atoms with Crippen LogP contribution in [0.1, 0.15) is 35.6 Å². The number of pyridine rings is 1. The predicted octanol–water partition coefficient (Wildman–Crippen LogP) is 3.44. The van der Waals surface area contributed by atoms with E-state index in [0.717, 1.165) is 40.7 Å². The Kier molecular flexibility index (Phi) is 4.89. The number of benzene rings is 1. The molecule has 1 aliphatic rings. The fraction of sp³-hybridized carbons (Fsp3) is 0.368. The molecule has 1 saturated carbocycles. The largest absolute Gasteiger partial charge is 0.421 e. The lowest BCUT2D eigenvalue weighted by atomic mass is 10.0. The van der Waals surface area contributed by atoms with Crippen LogP contribution in [0.25, 0.3) is 0 Å². The molecule has 1 N–H and O–H groups in total. The maximum absolute atomic E-state index is 12.8. The zero-order chi connectivity index (χ0) is 18.9. The highest BCUT2D eigenvalue weighted by Crippen LogP contribution is 2.41. The molecule has 0 unspecified atom stereocenters. The van der Waals surface area contributed by atoms with E-state index in [1.165, 1.54) is 6.20 Å². The van der Waals surface area contributed by atoms with Crippen molar-refractivity contribution >= 4 is 5.91 Å². The average Bonchev–Trinajstić information content (AvgIpc) is 3.39. The Bertz CT molecular complexity index is 852. The lowest BCUT2D eigenvalue weighted by Crippen LogP contribution is -2.37. The molecule has 3 rings (SSSR count). The van der Waals surface area contributed by atoms with E-state index in [0.29, 0.717) is 5.92 Å². The van der Waals surface area contributed by atoms with Gasteiger partial charge in [0.1, 0.15) is 12.1 Å². The highest BCUT2D eigenvalue weighted by atomic mass is 19.4. The molecule has 1 amide bonds. The summed E-state index contributed by atoms with van der Waals surface area (Å²) in [4.78, 5) is 24.3. The Balaban J connectivity index is 1.76. The van der Waals surface area contributed by atoms with Crippen LogP contribution in [-0.2, 0) is 17.5 Å². The molecular formula is C19H19F3N2O2. The first-order valence-electron chi connectivity index (χ1n) is 8.38. The normalized spacial score (nSPS) is 15.5. The first-order chi connectivity index (χ1) is 12.3. The van der Waals surface area contributed by atoms with Gasteiger partial charge in [0.05, 0.1) is 6.04 Å². The van der Waals surface area contributed by atoms with Crippen LogP contribution in [0.4, 0.5) is 13.2 Å². The van der Waals surface area contributed by atoms with Gasteiger partial charge in [-0.25, -0.2) is 0 Å². The van der Waals surface area contributed by atoms with E-state index in [1.54, 1.807) is 0 Å². The molecule has 0 spiro atoms. The zero-order valence-electron chi connectivity index (χ0n) is 14.2. The Morgan fingerprint density at radius 2 is 1.88 bits per heavy atom. The number of rotatable bonds is 5. The first kappa shape index (κ1) is 18.2. The number of halogens is 3. The summed E-state index contributed by atoms with van der Waals surface area (Å²) in [6.07, 6.45) is -1.57. The summed E-state index contributed by atoms with van der Waals surface area (Å²) >= 11 is 0. The van der Waals surface area contributed by atoms with Gasteiger partial charge in [-0.2, -0.15) is 13.2 Å². The van der Waals surface area contributed by atoms with Gasteiger partial charge in [0, 0.05) is 6.20 Å². The first-order valence-corrected chi connectivity index (χ1v) is 8.38. The summed E-state index contributed by atoms with van der Waals surface area (Å²) in [5, 5.41) is 2.87. The van der Waals surface area contributed by atoms with Gasteiger partial charge in [-0.05, 0) is 43.4 Å². The molecule has 1 heterocycles. The van der Waals surface area contributed by atoms with Crippen molar-refractivity contribution in [3.05, 3.63) is 69.6 Å². The minimum atomic E-state index is -4.74. The number of carbonyl (C=O) groups excluding carboxylic acids is 1. The van der Waals surface area contributed by atoms with Crippen LogP contribution >= 0.6 is 0 Å². The third-order valence-electron chi connectivity index (χ3n) is 4.49. The summed E-state index contributed by atoms with van der Waals surface area (Å²) < 4.78 is 39.3. The molecule has 0 saturated heterocycles. The maximum Gasteiger partial charge on any atom is 0.421 e. The van der Waals surface area contributed by atoms with E-state index >= 15 is 0 Å². The summed E-state index contributed by atoms with van der Waals surface area (Å²) in [7, 11) is 0. The van der Waals surface area contributed by atoms with E-state index < -0.39 is 29.8 Å². The monoisotopic (exact) mass is 364 g/mol. The van der Waals surface area contributed by atoms with Crippen molar-refractivity contribution in [1.29, 1.82) is 0 Å². The summed E-state index contributed by atoms with van der Waals surface area (Å²) in [5.74, 6) is -0.163. The number of carbonyl (C=O) groups is 1. The minimum absolute atomic E-state index is 0.190. The number of nitrogens with zero attached hydrogens (tertiary/aromatic N) is 1. The van der Waals surface area contributed by atoms with Gasteiger partial charge in [0.25, 0.3) is 5.56 Å². The van der Waals surface area contributed by atoms with Crippen molar-refractivity contribution in [3.63, 3.8) is 0 Å². The van der Waals surface area contributed by atoms with Gasteiger partial charge in [-0.3, -0.25) is 9.59 Å². The number of alkyl halides is 3. The van der Waals surface area contributed by atoms with Crippen LogP contribution in [0, 0.1) is 12.8 Å². The average molecular weight is 364 g/mol. The standard InChI is InChI=1S/C19H19F3N2O2/c1-12-4-6-13(7-5-12)17(14-8-9-14)23-16(25)11-24-10-2-3-15(18(24)26)19(20,21)22/h2-7,10,14,17H,8-9,11H2,1H3,(H,23,25)/t17-/m0/s1. The van der Waals surface area contributed by atoms with Crippen LogP contribution in [0.3, 0.4) is 0 Å². The molecule has 1 aliphatic carbocycles. The van der Waals surface area contributed by atoms with Crippen molar-refractivity contribution in [3.8, 4) is 0 Å². The predicted molar refractivity (Wildman–Crippen MR) is 90.5 cm³/mol. The minimum Gasteiger partial charge on any atom is -0.347 e. The topological polar surface area (TPSA) is 51.1 Å². The molecule has 0 radical (unpaired) electrons. The Morgan fingerprint density at radius 1 is 1.23 bits per heavy atom. The lowest BCUT2D eigenvalue weighted by Gasteiger charge is -2.19. The molecule has 26 heavy (non-hydrogen) atoms. The third-order valence-corrected chi connectivity index (χ3v) is 4.49. The molecule has 4 nitrogen and oxygen atoms in total. The van der Waals surface area contributed by atoms with E-state index in [9.17, 15) is 22.8 Å². The number of amides is 1. The fourth-order valence-corrected chi connectivity index (χ4v) is 2.93. The van der Waals surface area contributed by atoms with Crippen molar-refractivity contribution in [1.82, 2.24) is 9.88 Å². The lowest BCUT2D eigenvalue weighted by molar-refractivity contribution is -0.139. The van der Waals surface area contributed by atoms with E-state index in [1.807, 2.05) is 31.2 Å². The molecule has 1 fully saturated rings. The second-order valence-electron chi connectivity index (χ2n) is 6.65. The van der Waals surface area contributed by atoms with Crippen LogP contribution in [-0.4, -0.2) is 10.5 Å². The smallest absolute Gasteiger partial charge is 0.347 e. The fourth-order valence-electron chi connectivity index (χ4n) is 2.93. The molecule has 1 atom stereocenters. The van der Waals surface area contributed by atoms with Crippen LogP contribution < -0.4 is 10.9 Å². The summed E-state index contributed by atoms with van der Waals surface area (Å²) in [5.41, 5.74) is -0.425. The van der Waals surface area contributed by atoms with E-state index in [2.05, 4.69) is 5.32 Å². The van der Waals surface area contributed by atoms with E-state index in [4.69, 9.17) is 0 Å². The Hall–Kier alpha value is -2.57. The zero-order valence-corrected chi connectivity index (χ0v) is 14.2. The van der Waals surface area contributed by atoms with Crippen LogP contribution in [0.5, 0.6) is 0 Å². The molecule has 0 bridgehead atoms. The van der Waals surface area contributed by atoms with Crippen molar-refractivity contribution in [2.45, 2.75) is 38.5 Å². The van der Waals surface area contributed by atoms with Crippen molar-refractivity contribution in [2.75, 3.05) is 0 Å². The number of aromatic nitrogens is 1. The van der Waals surface area contributed by atoms with Gasteiger partial charge in [-0.1, -0.05) is 29.8 Å². The van der Waals surface area contributed by atoms with Crippen LogP contribution in [0.15, 0.2) is 47.4 Å². The molecule has 7 heteroatoms. The van der Waals surface area contributed by atoms with Gasteiger partial charge >= 0.3 is 6.18 Å². The molecule has 2 aromatic rings. The molecule has 0 aliphatic heterocycles.